The van der Waals surface area contributed by atoms with E-state index in [1.807, 2.05) is 88.2 Å². The first-order chi connectivity index (χ1) is 33.4. The highest BCUT2D eigenvalue weighted by Gasteiger charge is 2.23. The molecule has 0 aliphatic heterocycles. The van der Waals surface area contributed by atoms with E-state index in [-0.39, 0.29) is 37.9 Å². The van der Waals surface area contributed by atoms with Crippen LogP contribution in [0.5, 0.6) is 0 Å². The van der Waals surface area contributed by atoms with Crippen molar-refractivity contribution >= 4 is 29.0 Å². The number of aryl methyl sites for hydroxylation is 5. The summed E-state index contributed by atoms with van der Waals surface area (Å²) in [7, 11) is 6.03. The standard InChI is InChI=1S/C10H18N2.2C9H16N2.C8H13NS.C7H12N2.C7H11NS.C7H16.C5H10O/c1-7-9(10(3,4)5)8(2)12(6)11-7;1-7-10-6-8(11(7)5)9(2,3)4;1-7-8(9(2,3)4)6-10-11(7)5;1-6-9-7(5-10-6)8(2,3)4;1-7(2,3)6-4-5-8-9-6;1-7(2,3)6-4-8-5-9-6;1-6(2)7(3,4)5;1-5(2,3)4-6/h1-6H3;2*6H,1-5H3;5H,1-4H3;4-5H,1-3H3,(H,8,9);4-5H,1-3H3;6H,1-5H3;4H,1-3H3. The van der Waals surface area contributed by atoms with Crippen molar-refractivity contribution in [2.24, 2.45) is 37.9 Å². The summed E-state index contributed by atoms with van der Waals surface area (Å²) in [5.74, 6) is 1.88. The second kappa shape index (κ2) is 29.5. The first kappa shape index (κ1) is 72.8. The number of nitrogens with one attached hydrogen (secondary N) is 1. The van der Waals surface area contributed by atoms with Crippen LogP contribution in [0.3, 0.4) is 0 Å². The van der Waals surface area contributed by atoms with Gasteiger partial charge in [-0.15, -0.1) is 22.7 Å². The third-order valence-corrected chi connectivity index (χ3v) is 14.2. The molecule has 0 atom stereocenters. The lowest BCUT2D eigenvalue weighted by Crippen LogP contribution is -2.16. The molecule has 13 heteroatoms. The molecular weight excluding hydrogens is 965 g/mol. The Balaban J connectivity index is 0. The second-order valence-corrected chi connectivity index (χ2v) is 30.2. The number of hydrogen-bond donors (Lipinski definition) is 1. The highest BCUT2D eigenvalue weighted by atomic mass is 32.1. The smallest absolute Gasteiger partial charge is 0.125 e. The molecule has 0 bridgehead atoms. The van der Waals surface area contributed by atoms with Gasteiger partial charge < -0.3 is 9.36 Å². The summed E-state index contributed by atoms with van der Waals surface area (Å²) in [4.78, 5) is 23.8. The van der Waals surface area contributed by atoms with E-state index in [4.69, 9.17) is 0 Å². The van der Waals surface area contributed by atoms with Gasteiger partial charge in [-0.2, -0.15) is 15.3 Å². The van der Waals surface area contributed by atoms with Gasteiger partial charge in [0.1, 0.15) is 12.1 Å². The van der Waals surface area contributed by atoms with Crippen molar-refractivity contribution in [3.8, 4) is 0 Å². The van der Waals surface area contributed by atoms with Crippen LogP contribution in [0.2, 0.25) is 0 Å². The van der Waals surface area contributed by atoms with Crippen molar-refractivity contribution in [1.82, 2.24) is 49.3 Å². The summed E-state index contributed by atoms with van der Waals surface area (Å²) >= 11 is 3.44. The third kappa shape index (κ3) is 28.6. The maximum absolute atomic E-state index is 9.83. The minimum Gasteiger partial charge on any atom is -0.335 e. The van der Waals surface area contributed by atoms with E-state index < -0.39 is 0 Å². The molecule has 0 aliphatic carbocycles. The minimum atomic E-state index is -0.139. The Labute approximate surface area is 468 Å². The van der Waals surface area contributed by atoms with Crippen LogP contribution in [0.25, 0.3) is 0 Å². The second-order valence-electron chi connectivity index (χ2n) is 28.3. The summed E-state index contributed by atoms with van der Waals surface area (Å²) in [6.07, 6.45) is 8.56. The van der Waals surface area contributed by atoms with Gasteiger partial charge in [0.25, 0.3) is 0 Å². The molecule has 1 N–H and O–H groups in total. The van der Waals surface area contributed by atoms with Crippen LogP contribution in [0, 0.1) is 51.4 Å². The molecule has 11 nitrogen and oxygen atoms in total. The van der Waals surface area contributed by atoms with E-state index in [2.05, 4.69) is 232 Å². The molecule has 6 heterocycles. The van der Waals surface area contributed by atoms with Gasteiger partial charge in [-0.1, -0.05) is 180 Å². The lowest BCUT2D eigenvalue weighted by Gasteiger charge is -2.22. The molecule has 6 aromatic heterocycles. The van der Waals surface area contributed by atoms with Crippen molar-refractivity contribution in [1.29, 1.82) is 0 Å². The summed E-state index contributed by atoms with van der Waals surface area (Å²) in [6, 6.07) is 2.00. The molecule has 428 valence electrons. The van der Waals surface area contributed by atoms with Crippen molar-refractivity contribution < 1.29 is 4.79 Å². The Kier molecular flexibility index (Phi) is 28.6. The number of carbonyl (C=O) groups excluding carboxylic acids is 1. The number of thiazole rings is 2. The minimum absolute atomic E-state index is 0.139. The van der Waals surface area contributed by atoms with Gasteiger partial charge in [-0.05, 0) is 73.8 Å². The highest BCUT2D eigenvalue weighted by molar-refractivity contribution is 7.09. The fraction of sp³-hybridized carbons (Fsp3) is 0.694. The molecule has 6 aromatic rings. The molecule has 0 spiro atoms. The summed E-state index contributed by atoms with van der Waals surface area (Å²) in [5.41, 5.74) is 13.7. The Morgan fingerprint density at radius 1 is 0.613 bits per heavy atom. The van der Waals surface area contributed by atoms with Crippen molar-refractivity contribution in [2.75, 3.05) is 0 Å². The average molecular weight is 1080 g/mol. The zero-order valence-electron chi connectivity index (χ0n) is 54.4. The lowest BCUT2D eigenvalue weighted by molar-refractivity contribution is -0.113. The zero-order chi connectivity index (χ0) is 59.7. The van der Waals surface area contributed by atoms with Crippen LogP contribution in [0.4, 0.5) is 0 Å². The Morgan fingerprint density at radius 3 is 1.28 bits per heavy atom. The van der Waals surface area contributed by atoms with E-state index in [9.17, 15) is 4.79 Å². The zero-order valence-corrected chi connectivity index (χ0v) is 56.1. The van der Waals surface area contributed by atoms with Crippen LogP contribution in [-0.2, 0) is 58.4 Å². The number of aldehydes is 1. The van der Waals surface area contributed by atoms with Gasteiger partial charge >= 0.3 is 0 Å². The number of aromatic nitrogens is 10. The predicted octanol–water partition coefficient (Wildman–Crippen LogP) is 17.2. The monoisotopic (exact) mass is 1080 g/mol. The topological polar surface area (TPSA) is 125 Å². The highest BCUT2D eigenvalue weighted by Crippen LogP contribution is 2.29. The van der Waals surface area contributed by atoms with E-state index in [1.165, 1.54) is 44.5 Å². The van der Waals surface area contributed by atoms with Crippen LogP contribution in [0.1, 0.15) is 241 Å². The molecule has 0 unspecified atom stereocenters. The van der Waals surface area contributed by atoms with Gasteiger partial charge in [0.05, 0.1) is 28.1 Å². The molecule has 0 aromatic carbocycles. The van der Waals surface area contributed by atoms with Crippen LogP contribution in [0.15, 0.2) is 41.7 Å². The fourth-order valence-electron chi connectivity index (χ4n) is 6.26. The first-order valence-electron chi connectivity index (χ1n) is 26.7. The van der Waals surface area contributed by atoms with E-state index in [1.54, 1.807) is 28.9 Å². The number of rotatable bonds is 0. The number of aromatic amines is 1. The van der Waals surface area contributed by atoms with Gasteiger partial charge in [-0.25, -0.2) is 9.97 Å². The van der Waals surface area contributed by atoms with Gasteiger partial charge in [0, 0.05) is 100.0 Å². The first-order valence-corrected chi connectivity index (χ1v) is 28.4. The molecule has 0 fully saturated rings. The quantitative estimate of drug-likeness (QED) is 0.150. The molecule has 6 rings (SSSR count). The molecule has 0 amide bonds. The average Bonchev–Trinajstić information content (AvgIpc) is 4.08. The number of hydrogen-bond acceptors (Lipinski definition) is 9. The van der Waals surface area contributed by atoms with Gasteiger partial charge in [0.15, 0.2) is 0 Å². The largest absolute Gasteiger partial charge is 0.335 e. The maximum atomic E-state index is 9.83. The number of nitrogens with zero attached hydrogens (tertiary/aromatic N) is 9. The molecule has 0 radical (unpaired) electrons. The predicted molar refractivity (Wildman–Crippen MR) is 328 cm³/mol. The lowest BCUT2D eigenvalue weighted by atomic mass is 9.84. The SMILES string of the molecule is CC(C)(C)C=O.CC(C)(C)c1ccn[nH]1.CC(C)(C)c1cncs1.CC(C)C(C)(C)C.Cc1c(C(C)(C)C)cnn1C.Cc1nc(C(C)(C)C)cs1.Cc1ncc(C(C)(C)C)n1C.Cc1nn(C)c(C)c1C(C)(C)C. The van der Waals surface area contributed by atoms with Crippen LogP contribution < -0.4 is 0 Å². The fourth-order valence-corrected chi connectivity index (χ4v) is 7.81. The molecule has 0 saturated carbocycles. The van der Waals surface area contributed by atoms with Gasteiger partial charge in [-0.3, -0.25) is 19.4 Å². The van der Waals surface area contributed by atoms with E-state index in [0.29, 0.717) is 5.41 Å². The van der Waals surface area contributed by atoms with Crippen LogP contribution >= 0.6 is 22.7 Å². The molecule has 0 aliphatic rings. The number of imidazole rings is 1. The normalized spacial score (nSPS) is 12.0. The molecule has 0 saturated heterocycles. The summed E-state index contributed by atoms with van der Waals surface area (Å²) in [5, 5.41) is 18.7. The Bertz CT molecular complexity index is 2370. The molecular formula is C62H112N10OS2. The third-order valence-electron chi connectivity index (χ3n) is 12.2. The Hall–Kier alpha value is -4.23. The summed E-state index contributed by atoms with van der Waals surface area (Å²) < 4.78 is 6.01. The van der Waals surface area contributed by atoms with Crippen molar-refractivity contribution in [3.05, 3.63) is 103 Å². The van der Waals surface area contributed by atoms with Crippen LogP contribution in [-0.4, -0.2) is 55.6 Å². The van der Waals surface area contributed by atoms with Crippen molar-refractivity contribution in [3.63, 3.8) is 0 Å². The van der Waals surface area contributed by atoms with Gasteiger partial charge in [0.2, 0.25) is 0 Å². The Morgan fingerprint density at radius 2 is 1.12 bits per heavy atom. The number of carbonyl (C=O) groups is 1. The number of H-pyrrole nitrogens is 1. The van der Waals surface area contributed by atoms with Crippen molar-refractivity contribution in [2.45, 2.75) is 247 Å². The van der Waals surface area contributed by atoms with E-state index in [0.717, 1.165) is 28.7 Å². The summed E-state index contributed by atoms with van der Waals surface area (Å²) in [6.45, 7) is 66.8. The molecule has 75 heavy (non-hydrogen) atoms. The maximum Gasteiger partial charge on any atom is 0.125 e. The van der Waals surface area contributed by atoms with E-state index >= 15 is 0 Å².